The zero-order valence-corrected chi connectivity index (χ0v) is 20.0. The van der Waals surface area contributed by atoms with E-state index in [1.165, 1.54) is 6.20 Å². The molecule has 198 valence electrons. The SMILES string of the molecule is CC(C)c1cnc(C(F)(F)F)nc1OCC1COC1C[C@@H](C)c1cnc(C(F)(F)F)nc1N1CCC1. The molecule has 13 heteroatoms. The first kappa shape index (κ1) is 26.4. The minimum absolute atomic E-state index is 0.0912. The molecule has 2 unspecified atom stereocenters. The van der Waals surface area contributed by atoms with Crippen LogP contribution < -0.4 is 9.64 Å². The van der Waals surface area contributed by atoms with Crippen LogP contribution in [0, 0.1) is 5.92 Å². The van der Waals surface area contributed by atoms with Gasteiger partial charge in [-0.3, -0.25) is 0 Å². The minimum atomic E-state index is -4.69. The molecule has 4 heterocycles. The maximum Gasteiger partial charge on any atom is 0.451 e. The predicted molar refractivity (Wildman–Crippen MR) is 117 cm³/mol. The van der Waals surface area contributed by atoms with Gasteiger partial charge in [0.2, 0.25) is 17.5 Å². The van der Waals surface area contributed by atoms with Gasteiger partial charge in [0.05, 0.1) is 19.3 Å². The quantitative estimate of drug-likeness (QED) is 0.443. The average Bonchev–Trinajstić information content (AvgIpc) is 2.74. The summed E-state index contributed by atoms with van der Waals surface area (Å²) in [4.78, 5) is 16.1. The molecule has 3 atom stereocenters. The molecule has 0 aromatic carbocycles. The fourth-order valence-electron chi connectivity index (χ4n) is 4.12. The van der Waals surface area contributed by atoms with Crippen LogP contribution in [-0.2, 0) is 17.1 Å². The smallest absolute Gasteiger partial charge is 0.451 e. The van der Waals surface area contributed by atoms with Crippen LogP contribution in [0.4, 0.5) is 32.2 Å². The fraction of sp³-hybridized carbons (Fsp3) is 0.652. The van der Waals surface area contributed by atoms with Crippen molar-refractivity contribution in [2.75, 3.05) is 31.2 Å². The van der Waals surface area contributed by atoms with E-state index >= 15 is 0 Å². The average molecular weight is 519 g/mol. The second-order valence-electron chi connectivity index (χ2n) is 9.50. The van der Waals surface area contributed by atoms with Crippen molar-refractivity contribution >= 4 is 5.82 Å². The Hall–Kier alpha value is -2.70. The first-order valence-corrected chi connectivity index (χ1v) is 11.7. The second-order valence-corrected chi connectivity index (χ2v) is 9.50. The van der Waals surface area contributed by atoms with Gasteiger partial charge in [-0.2, -0.15) is 31.3 Å². The van der Waals surface area contributed by atoms with Crippen LogP contribution in [0.5, 0.6) is 5.88 Å². The zero-order chi connectivity index (χ0) is 26.3. The Balaban J connectivity index is 1.44. The number of rotatable bonds is 8. The van der Waals surface area contributed by atoms with Gasteiger partial charge in [0, 0.05) is 42.5 Å². The third-order valence-electron chi connectivity index (χ3n) is 6.46. The van der Waals surface area contributed by atoms with E-state index in [-0.39, 0.29) is 42.2 Å². The van der Waals surface area contributed by atoms with Crippen molar-refractivity contribution in [1.82, 2.24) is 19.9 Å². The van der Waals surface area contributed by atoms with Gasteiger partial charge in [0.25, 0.3) is 0 Å². The van der Waals surface area contributed by atoms with Gasteiger partial charge in [-0.25, -0.2) is 15.0 Å². The van der Waals surface area contributed by atoms with E-state index in [9.17, 15) is 26.3 Å². The molecule has 0 N–H and O–H groups in total. The molecule has 2 aromatic heterocycles. The molecule has 0 bridgehead atoms. The molecule has 0 aliphatic carbocycles. The Morgan fingerprint density at radius 3 is 2.08 bits per heavy atom. The van der Waals surface area contributed by atoms with Crippen molar-refractivity contribution in [1.29, 1.82) is 0 Å². The Kier molecular flexibility index (Phi) is 7.31. The largest absolute Gasteiger partial charge is 0.477 e. The van der Waals surface area contributed by atoms with Crippen LogP contribution >= 0.6 is 0 Å². The summed E-state index contributed by atoms with van der Waals surface area (Å²) in [7, 11) is 0. The van der Waals surface area contributed by atoms with Crippen molar-refractivity contribution in [2.24, 2.45) is 5.92 Å². The van der Waals surface area contributed by atoms with Gasteiger partial charge in [-0.15, -0.1) is 0 Å². The molecule has 2 aliphatic rings. The van der Waals surface area contributed by atoms with E-state index in [0.29, 0.717) is 37.2 Å². The first-order valence-electron chi connectivity index (χ1n) is 11.7. The number of hydrogen-bond acceptors (Lipinski definition) is 7. The number of anilines is 1. The lowest BCUT2D eigenvalue weighted by Gasteiger charge is -2.39. The van der Waals surface area contributed by atoms with E-state index in [4.69, 9.17) is 9.47 Å². The molecule has 0 saturated carbocycles. The van der Waals surface area contributed by atoms with Crippen molar-refractivity contribution in [2.45, 2.75) is 63.9 Å². The minimum Gasteiger partial charge on any atom is -0.477 e. The molecule has 0 amide bonds. The number of aromatic nitrogens is 4. The molecular formula is C23H27F6N5O2. The summed E-state index contributed by atoms with van der Waals surface area (Å²) < 4.78 is 90.1. The lowest BCUT2D eigenvalue weighted by atomic mass is 9.87. The number of ether oxygens (including phenoxy) is 2. The van der Waals surface area contributed by atoms with Crippen LogP contribution in [0.3, 0.4) is 0 Å². The van der Waals surface area contributed by atoms with E-state index in [1.54, 1.807) is 18.7 Å². The Morgan fingerprint density at radius 1 is 0.972 bits per heavy atom. The Morgan fingerprint density at radius 2 is 1.58 bits per heavy atom. The predicted octanol–water partition coefficient (Wildman–Crippen LogP) is 5.23. The van der Waals surface area contributed by atoms with Crippen molar-refractivity contribution < 1.29 is 35.8 Å². The van der Waals surface area contributed by atoms with Crippen molar-refractivity contribution in [3.8, 4) is 5.88 Å². The van der Waals surface area contributed by atoms with Crippen LogP contribution in [-0.4, -0.2) is 52.3 Å². The highest BCUT2D eigenvalue weighted by Gasteiger charge is 2.39. The van der Waals surface area contributed by atoms with Crippen molar-refractivity contribution in [3.63, 3.8) is 0 Å². The van der Waals surface area contributed by atoms with Crippen LogP contribution in [0.2, 0.25) is 0 Å². The van der Waals surface area contributed by atoms with Crippen LogP contribution in [0.15, 0.2) is 12.4 Å². The highest BCUT2D eigenvalue weighted by atomic mass is 19.4. The second kappa shape index (κ2) is 9.98. The Bertz CT molecular complexity index is 1070. The summed E-state index contributed by atoms with van der Waals surface area (Å²) >= 11 is 0. The summed E-state index contributed by atoms with van der Waals surface area (Å²) in [5.74, 6) is -2.73. The van der Waals surface area contributed by atoms with Crippen LogP contribution in [0.1, 0.15) is 68.2 Å². The number of halogens is 6. The lowest BCUT2D eigenvalue weighted by molar-refractivity contribution is -0.146. The standard InChI is InChI=1S/C23H27F6N5O2/c1-12(2)15-8-30-21(23(27,28)29)33-19(15)36-11-14-10-35-17(14)7-13(3)16-9-31-20(22(24,25)26)32-18(16)34-5-4-6-34/h8-9,12-14,17H,4-7,10-11H2,1-3H3/t13-,14?,17?/m1/s1. The zero-order valence-electron chi connectivity index (χ0n) is 20.0. The topological polar surface area (TPSA) is 73.3 Å². The molecule has 2 aromatic rings. The molecule has 0 spiro atoms. The summed E-state index contributed by atoms with van der Waals surface area (Å²) in [6.45, 7) is 7.17. The van der Waals surface area contributed by atoms with Gasteiger partial charge < -0.3 is 14.4 Å². The summed E-state index contributed by atoms with van der Waals surface area (Å²) in [5.41, 5.74) is 1.07. The molecule has 2 saturated heterocycles. The van der Waals surface area contributed by atoms with Gasteiger partial charge in [0.1, 0.15) is 5.82 Å². The molecule has 0 radical (unpaired) electrons. The molecular weight excluding hydrogens is 492 g/mol. The maximum atomic E-state index is 13.2. The molecule has 4 rings (SSSR count). The first-order chi connectivity index (χ1) is 16.8. The van der Waals surface area contributed by atoms with E-state index in [2.05, 4.69) is 19.9 Å². The highest BCUT2D eigenvalue weighted by Crippen LogP contribution is 2.38. The van der Waals surface area contributed by atoms with Gasteiger partial charge >= 0.3 is 12.4 Å². The van der Waals surface area contributed by atoms with Gasteiger partial charge in [-0.05, 0) is 24.7 Å². The Labute approximate surface area is 204 Å². The van der Waals surface area contributed by atoms with Crippen LogP contribution in [0.25, 0.3) is 0 Å². The van der Waals surface area contributed by atoms with Gasteiger partial charge in [0.15, 0.2) is 0 Å². The highest BCUT2D eigenvalue weighted by molar-refractivity contribution is 5.50. The maximum absolute atomic E-state index is 13.2. The van der Waals surface area contributed by atoms with E-state index in [1.807, 2.05) is 6.92 Å². The summed E-state index contributed by atoms with van der Waals surface area (Å²) in [6, 6.07) is 0. The van der Waals surface area contributed by atoms with Gasteiger partial charge in [-0.1, -0.05) is 20.8 Å². The molecule has 2 fully saturated rings. The van der Waals surface area contributed by atoms with Crippen molar-refractivity contribution in [3.05, 3.63) is 35.2 Å². The molecule has 7 nitrogen and oxygen atoms in total. The lowest BCUT2D eigenvalue weighted by Crippen LogP contribution is -2.44. The summed E-state index contributed by atoms with van der Waals surface area (Å²) in [6.07, 6.45) is -5.90. The van der Waals surface area contributed by atoms with E-state index < -0.39 is 24.0 Å². The van der Waals surface area contributed by atoms with E-state index in [0.717, 1.165) is 12.6 Å². The molecule has 2 aliphatic heterocycles. The third kappa shape index (κ3) is 5.65. The summed E-state index contributed by atoms with van der Waals surface area (Å²) in [5, 5.41) is 0. The number of nitrogens with zero attached hydrogens (tertiary/aromatic N) is 5. The fourth-order valence-corrected chi connectivity index (χ4v) is 4.12. The normalized spacial score (nSPS) is 21.2. The number of alkyl halides is 6. The monoisotopic (exact) mass is 519 g/mol. The molecule has 36 heavy (non-hydrogen) atoms. The third-order valence-corrected chi connectivity index (χ3v) is 6.46. The number of hydrogen-bond donors (Lipinski definition) is 0.